The van der Waals surface area contributed by atoms with Crippen molar-refractivity contribution < 1.29 is 9.53 Å². The second-order valence-corrected chi connectivity index (χ2v) is 6.77. The molecule has 1 N–H and O–H groups in total. The summed E-state index contributed by atoms with van der Waals surface area (Å²) in [6.45, 7) is 5.33. The molecule has 1 heterocycles. The van der Waals surface area contributed by atoms with Crippen LogP contribution < -0.4 is 5.32 Å². The van der Waals surface area contributed by atoms with Crippen molar-refractivity contribution in [2.24, 2.45) is 0 Å². The van der Waals surface area contributed by atoms with E-state index in [4.69, 9.17) is 4.74 Å². The maximum Gasteiger partial charge on any atom is 0.410 e. The highest BCUT2D eigenvalue weighted by Crippen LogP contribution is 2.21. The molecule has 1 aromatic rings. The van der Waals surface area contributed by atoms with E-state index in [1.807, 2.05) is 23.1 Å². The third-order valence-corrected chi connectivity index (χ3v) is 4.98. The number of hydrogen-bond donors (Lipinski definition) is 1. The molecule has 1 amide bonds. The summed E-state index contributed by atoms with van der Waals surface area (Å²) in [5, 5.41) is 3.43. The van der Waals surface area contributed by atoms with Crippen molar-refractivity contribution in [3.8, 4) is 0 Å². The van der Waals surface area contributed by atoms with Gasteiger partial charge in [0.25, 0.3) is 0 Å². The number of nitrogens with zero attached hydrogens (tertiary/aromatic N) is 2. The number of nitrogens with one attached hydrogen (secondary N) is 1. The average molecular weight is 331 g/mol. The van der Waals surface area contributed by atoms with Gasteiger partial charge in [0.05, 0.1) is 0 Å². The predicted molar refractivity (Wildman–Crippen MR) is 96.3 cm³/mol. The first kappa shape index (κ1) is 17.1. The monoisotopic (exact) mass is 331 g/mol. The quantitative estimate of drug-likeness (QED) is 0.900. The number of ether oxygens (including phenoxy) is 1. The topological polar surface area (TPSA) is 44.8 Å². The maximum atomic E-state index is 12.2. The Labute approximate surface area is 145 Å². The van der Waals surface area contributed by atoms with E-state index >= 15 is 0 Å². The maximum absolute atomic E-state index is 12.2. The van der Waals surface area contributed by atoms with Gasteiger partial charge >= 0.3 is 6.09 Å². The third kappa shape index (κ3) is 5.13. The lowest BCUT2D eigenvalue weighted by molar-refractivity contribution is 0.0333. The van der Waals surface area contributed by atoms with Gasteiger partial charge in [0.2, 0.25) is 0 Å². The summed E-state index contributed by atoms with van der Waals surface area (Å²) >= 11 is 0. The van der Waals surface area contributed by atoms with Crippen molar-refractivity contribution in [3.05, 3.63) is 30.3 Å². The Bertz CT molecular complexity index is 495. The smallest absolute Gasteiger partial charge is 0.410 e. The molecular weight excluding hydrogens is 302 g/mol. The molecule has 24 heavy (non-hydrogen) atoms. The Morgan fingerprint density at radius 3 is 2.46 bits per heavy atom. The van der Waals surface area contributed by atoms with E-state index in [-0.39, 0.29) is 12.2 Å². The summed E-state index contributed by atoms with van der Waals surface area (Å²) in [4.78, 5) is 16.5. The molecule has 0 spiro atoms. The van der Waals surface area contributed by atoms with Crippen LogP contribution in [0.2, 0.25) is 0 Å². The van der Waals surface area contributed by atoms with Crippen LogP contribution in [0.4, 0.5) is 10.5 Å². The molecule has 1 aliphatic heterocycles. The summed E-state index contributed by atoms with van der Waals surface area (Å²) in [7, 11) is 0. The van der Waals surface area contributed by atoms with E-state index < -0.39 is 0 Å². The Balaban J connectivity index is 1.32. The van der Waals surface area contributed by atoms with Crippen LogP contribution >= 0.6 is 0 Å². The van der Waals surface area contributed by atoms with Gasteiger partial charge in [-0.2, -0.15) is 0 Å². The van der Waals surface area contributed by atoms with Crippen molar-refractivity contribution in [2.45, 2.75) is 38.2 Å². The van der Waals surface area contributed by atoms with Crippen LogP contribution in [0.1, 0.15) is 32.1 Å². The number of rotatable bonds is 5. The second-order valence-electron chi connectivity index (χ2n) is 6.77. The predicted octanol–water partition coefficient (Wildman–Crippen LogP) is 3.19. The first-order valence-corrected chi connectivity index (χ1v) is 9.28. The number of carbonyl (C=O) groups excluding carboxylic acids is 1. The third-order valence-electron chi connectivity index (χ3n) is 4.98. The number of carbonyl (C=O) groups is 1. The number of hydrogen-bond acceptors (Lipinski definition) is 4. The van der Waals surface area contributed by atoms with Crippen molar-refractivity contribution in [1.82, 2.24) is 9.80 Å². The molecule has 0 unspecified atom stereocenters. The minimum Gasteiger partial charge on any atom is -0.446 e. The van der Waals surface area contributed by atoms with E-state index in [1.165, 1.54) is 19.3 Å². The zero-order chi connectivity index (χ0) is 16.6. The van der Waals surface area contributed by atoms with E-state index in [2.05, 4.69) is 22.3 Å². The van der Waals surface area contributed by atoms with E-state index in [0.29, 0.717) is 0 Å². The van der Waals surface area contributed by atoms with Crippen molar-refractivity contribution in [3.63, 3.8) is 0 Å². The minimum atomic E-state index is -0.107. The van der Waals surface area contributed by atoms with Crippen LogP contribution in [-0.2, 0) is 4.74 Å². The summed E-state index contributed by atoms with van der Waals surface area (Å²) in [5.74, 6) is 0. The van der Waals surface area contributed by atoms with Crippen molar-refractivity contribution in [2.75, 3.05) is 44.6 Å². The zero-order valence-electron chi connectivity index (χ0n) is 14.5. The number of amides is 1. The lowest BCUT2D eigenvalue weighted by Gasteiger charge is -2.35. The van der Waals surface area contributed by atoms with Gasteiger partial charge in [0.15, 0.2) is 0 Å². The van der Waals surface area contributed by atoms with E-state index in [1.54, 1.807) is 0 Å². The molecule has 1 aromatic carbocycles. The van der Waals surface area contributed by atoms with Gasteiger partial charge in [-0.1, -0.05) is 24.6 Å². The van der Waals surface area contributed by atoms with Crippen LogP contribution in [0.15, 0.2) is 30.3 Å². The van der Waals surface area contributed by atoms with Gasteiger partial charge in [0.1, 0.15) is 6.10 Å². The summed E-state index contributed by atoms with van der Waals surface area (Å²) < 4.78 is 5.66. The molecule has 132 valence electrons. The summed E-state index contributed by atoms with van der Waals surface area (Å²) in [6.07, 6.45) is 5.79. The van der Waals surface area contributed by atoms with Gasteiger partial charge in [-0.05, 0) is 37.8 Å². The Morgan fingerprint density at radius 2 is 1.75 bits per heavy atom. The fraction of sp³-hybridized carbons (Fsp3) is 0.632. The SMILES string of the molecule is O=C(OC1CCCCC1)N1CCN(CCNc2ccccc2)CC1. The van der Waals surface area contributed by atoms with Crippen molar-refractivity contribution >= 4 is 11.8 Å². The molecule has 0 atom stereocenters. The number of piperazine rings is 1. The van der Waals surface area contributed by atoms with Gasteiger partial charge < -0.3 is 15.0 Å². The first-order valence-electron chi connectivity index (χ1n) is 9.28. The molecule has 3 rings (SSSR count). The van der Waals surface area contributed by atoms with Crippen LogP contribution in [-0.4, -0.2) is 61.3 Å². The fourth-order valence-electron chi connectivity index (χ4n) is 3.47. The van der Waals surface area contributed by atoms with Gasteiger partial charge in [-0.15, -0.1) is 0 Å². The standard InChI is InChI=1S/C19H29N3O2/c23-19(24-18-9-5-2-6-10-18)22-15-13-21(14-16-22)12-11-20-17-7-3-1-4-8-17/h1,3-4,7-8,18,20H,2,5-6,9-16H2. The molecule has 1 saturated carbocycles. The Kier molecular flexibility index (Phi) is 6.35. The summed E-state index contributed by atoms with van der Waals surface area (Å²) in [6, 6.07) is 10.3. The average Bonchev–Trinajstić information content (AvgIpc) is 2.64. The summed E-state index contributed by atoms with van der Waals surface area (Å²) in [5.41, 5.74) is 1.16. The normalized spacial score (nSPS) is 19.9. The number of para-hydroxylation sites is 1. The lowest BCUT2D eigenvalue weighted by Crippen LogP contribution is -2.50. The second kappa shape index (κ2) is 8.92. The molecule has 0 aromatic heterocycles. The molecule has 1 aliphatic carbocycles. The number of benzene rings is 1. The highest BCUT2D eigenvalue weighted by molar-refractivity contribution is 5.68. The number of anilines is 1. The molecule has 0 radical (unpaired) electrons. The Morgan fingerprint density at radius 1 is 1.04 bits per heavy atom. The van der Waals surface area contributed by atoms with Crippen LogP contribution in [0.25, 0.3) is 0 Å². The van der Waals surface area contributed by atoms with E-state index in [9.17, 15) is 4.79 Å². The molecule has 1 saturated heterocycles. The first-order chi connectivity index (χ1) is 11.8. The Hall–Kier alpha value is -1.75. The van der Waals surface area contributed by atoms with Gasteiger partial charge in [0, 0.05) is 45.0 Å². The van der Waals surface area contributed by atoms with Gasteiger partial charge in [-0.25, -0.2) is 4.79 Å². The van der Waals surface area contributed by atoms with Crippen LogP contribution in [0.3, 0.4) is 0 Å². The molecule has 0 bridgehead atoms. The van der Waals surface area contributed by atoms with Crippen molar-refractivity contribution in [1.29, 1.82) is 0 Å². The van der Waals surface area contributed by atoms with Crippen LogP contribution in [0.5, 0.6) is 0 Å². The fourth-order valence-corrected chi connectivity index (χ4v) is 3.47. The van der Waals surface area contributed by atoms with Gasteiger partial charge in [-0.3, -0.25) is 4.90 Å². The minimum absolute atomic E-state index is 0.107. The molecule has 2 fully saturated rings. The van der Waals surface area contributed by atoms with E-state index in [0.717, 1.165) is 57.8 Å². The highest BCUT2D eigenvalue weighted by Gasteiger charge is 2.25. The lowest BCUT2D eigenvalue weighted by atomic mass is 9.98. The largest absolute Gasteiger partial charge is 0.446 e. The van der Waals surface area contributed by atoms with Crippen LogP contribution in [0, 0.1) is 0 Å². The molecule has 5 nitrogen and oxygen atoms in total. The molecule has 5 heteroatoms. The molecular formula is C19H29N3O2. The highest BCUT2D eigenvalue weighted by atomic mass is 16.6. The molecule has 2 aliphatic rings. The zero-order valence-corrected chi connectivity index (χ0v) is 14.5.